The second-order valence-corrected chi connectivity index (χ2v) is 14.7. The van der Waals surface area contributed by atoms with E-state index in [2.05, 4.69) is 20.5 Å². The number of likely N-dealkylation sites (tertiary alicyclic amines) is 1. The molecule has 14 nitrogen and oxygen atoms in total. The third-order valence-electron chi connectivity index (χ3n) is 10.2. The van der Waals surface area contributed by atoms with Crippen LogP contribution in [0.5, 0.6) is 11.5 Å². The normalized spacial score (nSPS) is 18.6. The molecule has 2 aliphatic rings. The fourth-order valence-corrected chi connectivity index (χ4v) is 7.18. The first-order chi connectivity index (χ1) is 27.5. The maximum Gasteiger partial charge on any atom is 0.337 e. The Hall–Kier alpha value is -4.90. The van der Waals surface area contributed by atoms with Gasteiger partial charge in [0.1, 0.15) is 47.2 Å². The summed E-state index contributed by atoms with van der Waals surface area (Å²) in [5.41, 5.74) is 1.23. The standard InChI is InChI=1S/C41H46ClFN4O10/c1-53-39(51)41(52)12-15-47(16-13-41)14-5-17-56-40(11-4-6-28(22-40)31-7-2-3-8-33(31)43)26-55-37-21-36(54-25-27-9-10-34-35(18-27)46-57-45-34)29(19-32(37)42)23-44-30(24-48)20-38(49)50/h2-4,6-11,18-19,21,30,44,48,52H,5,12-17,20,22-26H2,1H3,(H,49,50)/t30?,40-/m0/s1. The highest BCUT2D eigenvalue weighted by atomic mass is 35.5. The number of nitrogens with zero attached hydrogens (tertiary/aromatic N) is 3. The molecule has 3 aromatic carbocycles. The summed E-state index contributed by atoms with van der Waals surface area (Å²) in [5, 5.41) is 40.7. The van der Waals surface area contributed by atoms with Gasteiger partial charge in [-0.2, -0.15) is 0 Å². The first-order valence-electron chi connectivity index (χ1n) is 18.7. The molecule has 0 radical (unpaired) electrons. The van der Waals surface area contributed by atoms with Crippen LogP contribution in [0.4, 0.5) is 4.39 Å². The topological polar surface area (TPSA) is 186 Å². The van der Waals surface area contributed by atoms with Crippen molar-refractivity contribution in [2.45, 2.75) is 62.5 Å². The number of aliphatic carboxylic acids is 1. The van der Waals surface area contributed by atoms with Gasteiger partial charge in [0, 0.05) is 62.4 Å². The van der Waals surface area contributed by atoms with E-state index in [1.165, 1.54) is 13.2 Å². The molecule has 1 aliphatic heterocycles. The summed E-state index contributed by atoms with van der Waals surface area (Å²) >= 11 is 6.83. The fourth-order valence-electron chi connectivity index (χ4n) is 6.93. The second kappa shape index (κ2) is 19.0. The Balaban J connectivity index is 1.19. The van der Waals surface area contributed by atoms with E-state index in [-0.39, 0.29) is 49.9 Å². The summed E-state index contributed by atoms with van der Waals surface area (Å²) in [4.78, 5) is 25.5. The maximum absolute atomic E-state index is 15.0. The minimum Gasteiger partial charge on any atom is -0.489 e. The zero-order valence-corrected chi connectivity index (χ0v) is 32.3. The van der Waals surface area contributed by atoms with Crippen LogP contribution in [0.25, 0.3) is 16.6 Å². The van der Waals surface area contributed by atoms with E-state index in [1.54, 1.807) is 42.5 Å². The van der Waals surface area contributed by atoms with Crippen LogP contribution >= 0.6 is 11.6 Å². The van der Waals surface area contributed by atoms with Crippen molar-refractivity contribution >= 4 is 40.1 Å². The molecule has 0 saturated carbocycles. The number of halogens is 2. The smallest absolute Gasteiger partial charge is 0.337 e. The Bertz CT molecular complexity index is 2090. The van der Waals surface area contributed by atoms with Crippen LogP contribution < -0.4 is 14.8 Å². The van der Waals surface area contributed by atoms with Crippen molar-refractivity contribution in [2.75, 3.05) is 46.6 Å². The van der Waals surface area contributed by atoms with Crippen molar-refractivity contribution in [1.82, 2.24) is 20.5 Å². The summed E-state index contributed by atoms with van der Waals surface area (Å²) in [7, 11) is 1.27. The number of benzene rings is 3. The molecule has 0 amide bonds. The van der Waals surface area contributed by atoms with E-state index in [0.29, 0.717) is 72.7 Å². The van der Waals surface area contributed by atoms with Gasteiger partial charge >= 0.3 is 11.9 Å². The molecule has 1 aliphatic carbocycles. The quantitative estimate of drug-likeness (QED) is 0.0726. The third kappa shape index (κ3) is 10.7. The van der Waals surface area contributed by atoms with E-state index in [9.17, 15) is 24.9 Å². The lowest BCUT2D eigenvalue weighted by molar-refractivity contribution is -0.167. The lowest BCUT2D eigenvalue weighted by Crippen LogP contribution is -2.50. The highest BCUT2D eigenvalue weighted by Gasteiger charge is 2.40. The largest absolute Gasteiger partial charge is 0.489 e. The lowest BCUT2D eigenvalue weighted by atomic mass is 9.86. The number of ether oxygens (including phenoxy) is 4. The molecule has 4 N–H and O–H groups in total. The van der Waals surface area contributed by atoms with E-state index in [1.807, 2.05) is 24.3 Å². The molecule has 1 unspecified atom stereocenters. The van der Waals surface area contributed by atoms with Crippen LogP contribution in [0.15, 0.2) is 77.5 Å². The summed E-state index contributed by atoms with van der Waals surface area (Å²) in [6.45, 7) is 1.92. The average molecular weight is 809 g/mol. The Morgan fingerprint density at radius 1 is 1.07 bits per heavy atom. The maximum atomic E-state index is 15.0. The SMILES string of the molecule is COC(=O)C1(O)CCN(CCCO[C@@]2(COc3cc(OCc4ccc5nonc5c4)c(CNC(CO)CC(=O)O)cc3Cl)C=CC=C(c3ccccc3F)C2)CC1. The fraction of sp³-hybridized carbons (Fsp3) is 0.415. The van der Waals surface area contributed by atoms with Gasteiger partial charge in [-0.25, -0.2) is 13.8 Å². The summed E-state index contributed by atoms with van der Waals surface area (Å²) in [6.07, 6.45) is 6.78. The molecule has 1 saturated heterocycles. The Morgan fingerprint density at radius 3 is 2.61 bits per heavy atom. The molecule has 1 aromatic heterocycles. The molecule has 6 rings (SSSR count). The van der Waals surface area contributed by atoms with Crippen molar-refractivity contribution in [2.24, 2.45) is 0 Å². The zero-order chi connectivity index (χ0) is 40.4. The van der Waals surface area contributed by atoms with Gasteiger partial charge in [0.2, 0.25) is 0 Å². The molecule has 4 aromatic rings. The van der Waals surface area contributed by atoms with Crippen LogP contribution in [0.2, 0.25) is 5.02 Å². The summed E-state index contributed by atoms with van der Waals surface area (Å²) in [5.74, 6) is -1.34. The van der Waals surface area contributed by atoms with Gasteiger partial charge in [-0.05, 0) is 71.1 Å². The molecule has 304 valence electrons. The van der Waals surface area contributed by atoms with E-state index >= 15 is 4.39 Å². The number of nitrogens with one attached hydrogen (secondary N) is 1. The molecule has 1 fully saturated rings. The van der Waals surface area contributed by atoms with E-state index in [4.69, 9.17) is 35.2 Å². The number of hydrogen-bond donors (Lipinski definition) is 4. The minimum atomic E-state index is -1.47. The molecule has 16 heteroatoms. The predicted molar refractivity (Wildman–Crippen MR) is 207 cm³/mol. The number of aliphatic hydroxyl groups excluding tert-OH is 1. The number of allylic oxidation sites excluding steroid dienone is 2. The van der Waals surface area contributed by atoms with Crippen LogP contribution in [-0.4, -0.2) is 106 Å². The van der Waals surface area contributed by atoms with Crippen molar-refractivity contribution in [1.29, 1.82) is 0 Å². The van der Waals surface area contributed by atoms with Crippen LogP contribution in [0.3, 0.4) is 0 Å². The number of piperidine rings is 1. The molecule has 2 heterocycles. The van der Waals surface area contributed by atoms with E-state index in [0.717, 1.165) is 11.1 Å². The van der Waals surface area contributed by atoms with Crippen molar-refractivity contribution in [3.8, 4) is 11.5 Å². The number of rotatable bonds is 19. The van der Waals surface area contributed by atoms with E-state index < -0.39 is 35.8 Å². The Morgan fingerprint density at radius 2 is 1.86 bits per heavy atom. The number of aliphatic hydroxyl groups is 2. The molecular weight excluding hydrogens is 763 g/mol. The van der Waals surface area contributed by atoms with Crippen molar-refractivity contribution in [3.05, 3.63) is 100 Å². The van der Waals surface area contributed by atoms with Crippen LogP contribution in [0, 0.1) is 5.82 Å². The highest BCUT2D eigenvalue weighted by molar-refractivity contribution is 6.32. The van der Waals surface area contributed by atoms with Crippen molar-refractivity contribution in [3.63, 3.8) is 0 Å². The third-order valence-corrected chi connectivity index (χ3v) is 10.5. The first kappa shape index (κ1) is 41.7. The first-order valence-corrected chi connectivity index (χ1v) is 19.0. The van der Waals surface area contributed by atoms with Gasteiger partial charge in [0.15, 0.2) is 5.60 Å². The van der Waals surface area contributed by atoms with Gasteiger partial charge in [-0.1, -0.05) is 48.0 Å². The monoisotopic (exact) mass is 808 g/mol. The number of carboxylic acids is 1. The van der Waals surface area contributed by atoms with Gasteiger partial charge in [-0.3, -0.25) is 4.79 Å². The predicted octanol–water partition coefficient (Wildman–Crippen LogP) is 5.09. The van der Waals surface area contributed by atoms with Crippen LogP contribution in [-0.2, 0) is 32.2 Å². The second-order valence-electron chi connectivity index (χ2n) is 14.3. The van der Waals surface area contributed by atoms with Crippen molar-refractivity contribution < 1.29 is 52.9 Å². The number of carbonyl (C=O) groups is 2. The molecule has 0 bridgehead atoms. The summed E-state index contributed by atoms with van der Waals surface area (Å²) in [6, 6.07) is 14.5. The number of carboxylic acid groups (broad SMARTS) is 1. The number of aromatic nitrogens is 2. The van der Waals surface area contributed by atoms with Gasteiger partial charge in [0.25, 0.3) is 0 Å². The average Bonchev–Trinajstić information content (AvgIpc) is 3.69. The number of hydrogen-bond acceptors (Lipinski definition) is 13. The number of fused-ring (bicyclic) bond motifs is 1. The zero-order valence-electron chi connectivity index (χ0n) is 31.5. The lowest BCUT2D eigenvalue weighted by Gasteiger charge is -2.37. The molecule has 2 atom stereocenters. The Labute approximate surface area is 333 Å². The highest BCUT2D eigenvalue weighted by Crippen LogP contribution is 2.38. The number of methoxy groups -OCH3 is 1. The molecule has 57 heavy (non-hydrogen) atoms. The molecule has 0 spiro atoms. The molecular formula is C41H46ClFN4O10. The number of carbonyl (C=O) groups excluding carboxylic acids is 1. The number of esters is 1. The van der Waals surface area contributed by atoms with Gasteiger partial charge in [-0.15, -0.1) is 0 Å². The minimum absolute atomic E-state index is 0.00293. The van der Waals surface area contributed by atoms with Gasteiger partial charge < -0.3 is 44.5 Å². The summed E-state index contributed by atoms with van der Waals surface area (Å²) < 4.78 is 43.9. The Kier molecular flexibility index (Phi) is 13.9. The van der Waals surface area contributed by atoms with Crippen LogP contribution in [0.1, 0.15) is 48.8 Å². The van der Waals surface area contributed by atoms with Gasteiger partial charge in [0.05, 0.1) is 25.2 Å².